The molecule has 1 nitrogen and oxygen atoms in total. The lowest BCUT2D eigenvalue weighted by molar-refractivity contribution is 0.566. The predicted octanol–water partition coefficient (Wildman–Crippen LogP) is 4.31. The molecule has 0 bridgehead atoms. The summed E-state index contributed by atoms with van der Waals surface area (Å²) in [5.74, 6) is 2.81. The van der Waals surface area contributed by atoms with Crippen LogP contribution < -0.4 is 5.32 Å². The third-order valence-corrected chi connectivity index (χ3v) is 4.00. The SMILES string of the molecule is C#CC(CCC)NCc1cc(-c2ccccc2)cs1. The van der Waals surface area contributed by atoms with Crippen molar-refractivity contribution in [3.63, 3.8) is 0 Å². The molecule has 1 heterocycles. The number of nitrogens with one attached hydrogen (secondary N) is 1. The summed E-state index contributed by atoms with van der Waals surface area (Å²) in [6.45, 7) is 3.01. The van der Waals surface area contributed by atoms with Crippen LogP contribution in [0, 0.1) is 12.3 Å². The number of benzene rings is 1. The third kappa shape index (κ3) is 3.96. The third-order valence-electron chi connectivity index (χ3n) is 3.06. The van der Waals surface area contributed by atoms with Gasteiger partial charge in [0.1, 0.15) is 0 Å². The summed E-state index contributed by atoms with van der Waals surface area (Å²) in [5, 5.41) is 5.63. The zero-order valence-electron chi connectivity index (χ0n) is 11.2. The van der Waals surface area contributed by atoms with Gasteiger partial charge in [0, 0.05) is 11.4 Å². The second-order valence-electron chi connectivity index (χ2n) is 4.56. The molecule has 1 aromatic heterocycles. The molecule has 2 aromatic rings. The van der Waals surface area contributed by atoms with Crippen LogP contribution in [0.15, 0.2) is 41.8 Å². The first-order valence-corrected chi connectivity index (χ1v) is 7.53. The highest BCUT2D eigenvalue weighted by Crippen LogP contribution is 2.25. The van der Waals surface area contributed by atoms with Crippen molar-refractivity contribution in [1.29, 1.82) is 0 Å². The van der Waals surface area contributed by atoms with E-state index < -0.39 is 0 Å². The maximum Gasteiger partial charge on any atom is 0.0689 e. The Morgan fingerprint density at radius 2 is 2.05 bits per heavy atom. The van der Waals surface area contributed by atoms with Gasteiger partial charge in [0.05, 0.1) is 6.04 Å². The van der Waals surface area contributed by atoms with E-state index in [9.17, 15) is 0 Å². The van der Waals surface area contributed by atoms with E-state index in [2.05, 4.69) is 53.9 Å². The maximum absolute atomic E-state index is 5.51. The lowest BCUT2D eigenvalue weighted by Crippen LogP contribution is -2.26. The van der Waals surface area contributed by atoms with Crippen LogP contribution in [-0.2, 0) is 6.54 Å². The van der Waals surface area contributed by atoms with Gasteiger partial charge >= 0.3 is 0 Å². The molecule has 1 unspecified atom stereocenters. The van der Waals surface area contributed by atoms with Gasteiger partial charge < -0.3 is 0 Å². The zero-order valence-corrected chi connectivity index (χ0v) is 12.0. The molecule has 0 amide bonds. The average molecular weight is 269 g/mol. The highest BCUT2D eigenvalue weighted by Gasteiger charge is 2.05. The summed E-state index contributed by atoms with van der Waals surface area (Å²) in [4.78, 5) is 1.33. The lowest BCUT2D eigenvalue weighted by Gasteiger charge is -2.10. The molecule has 0 aliphatic carbocycles. The fourth-order valence-corrected chi connectivity index (χ4v) is 2.86. The Morgan fingerprint density at radius 3 is 2.74 bits per heavy atom. The number of rotatable bonds is 6. The minimum absolute atomic E-state index is 0.187. The first-order valence-electron chi connectivity index (χ1n) is 6.66. The second-order valence-corrected chi connectivity index (χ2v) is 5.55. The van der Waals surface area contributed by atoms with Crippen LogP contribution in [0.4, 0.5) is 0 Å². The van der Waals surface area contributed by atoms with E-state index in [1.807, 2.05) is 6.07 Å². The summed E-state index contributed by atoms with van der Waals surface area (Å²) in [6, 6.07) is 12.9. The van der Waals surface area contributed by atoms with Crippen LogP contribution in [0.5, 0.6) is 0 Å². The van der Waals surface area contributed by atoms with Gasteiger partial charge in [0.25, 0.3) is 0 Å². The average Bonchev–Trinajstić information content (AvgIpc) is 2.93. The predicted molar refractivity (Wildman–Crippen MR) is 84.1 cm³/mol. The largest absolute Gasteiger partial charge is 0.299 e. The minimum atomic E-state index is 0.187. The molecule has 0 aliphatic heterocycles. The fraction of sp³-hybridized carbons (Fsp3) is 0.294. The number of thiophene rings is 1. The van der Waals surface area contributed by atoms with Crippen molar-refractivity contribution in [3.8, 4) is 23.5 Å². The van der Waals surface area contributed by atoms with Crippen molar-refractivity contribution < 1.29 is 0 Å². The summed E-state index contributed by atoms with van der Waals surface area (Å²) >= 11 is 1.78. The molecule has 0 fully saturated rings. The standard InChI is InChI=1S/C17H19NS/c1-3-8-16(4-2)18-12-17-11-15(13-19-17)14-9-6-5-7-10-14/h2,5-7,9-11,13,16,18H,3,8,12H2,1H3. The van der Waals surface area contributed by atoms with Crippen LogP contribution in [0.2, 0.25) is 0 Å². The van der Waals surface area contributed by atoms with Gasteiger partial charge in [-0.15, -0.1) is 17.8 Å². The van der Waals surface area contributed by atoms with E-state index in [0.717, 1.165) is 19.4 Å². The minimum Gasteiger partial charge on any atom is -0.299 e. The molecule has 1 aromatic carbocycles. The number of hydrogen-bond donors (Lipinski definition) is 1. The van der Waals surface area contributed by atoms with Gasteiger partial charge in [-0.1, -0.05) is 49.6 Å². The molecule has 1 atom stereocenters. The first-order chi connectivity index (χ1) is 9.33. The van der Waals surface area contributed by atoms with Crippen LogP contribution >= 0.6 is 11.3 Å². The summed E-state index contributed by atoms with van der Waals surface area (Å²) in [7, 11) is 0. The highest BCUT2D eigenvalue weighted by molar-refractivity contribution is 7.10. The smallest absolute Gasteiger partial charge is 0.0689 e. The Balaban J connectivity index is 1.97. The van der Waals surface area contributed by atoms with Gasteiger partial charge in [-0.3, -0.25) is 5.32 Å². The highest BCUT2D eigenvalue weighted by atomic mass is 32.1. The van der Waals surface area contributed by atoms with Crippen molar-refractivity contribution in [3.05, 3.63) is 46.7 Å². The summed E-state index contributed by atoms with van der Waals surface area (Å²) in [6.07, 6.45) is 7.66. The summed E-state index contributed by atoms with van der Waals surface area (Å²) in [5.41, 5.74) is 2.56. The maximum atomic E-state index is 5.51. The van der Waals surface area contributed by atoms with Gasteiger partial charge in [-0.2, -0.15) is 0 Å². The van der Waals surface area contributed by atoms with E-state index in [-0.39, 0.29) is 6.04 Å². The van der Waals surface area contributed by atoms with E-state index in [0.29, 0.717) is 0 Å². The Labute approximate surface area is 119 Å². The van der Waals surface area contributed by atoms with Crippen molar-refractivity contribution in [2.45, 2.75) is 32.4 Å². The molecule has 0 saturated carbocycles. The molecule has 19 heavy (non-hydrogen) atoms. The fourth-order valence-electron chi connectivity index (χ4n) is 2.01. The van der Waals surface area contributed by atoms with Crippen molar-refractivity contribution >= 4 is 11.3 Å². The Morgan fingerprint density at radius 1 is 1.26 bits per heavy atom. The topological polar surface area (TPSA) is 12.0 Å². The van der Waals surface area contributed by atoms with Crippen molar-refractivity contribution in [1.82, 2.24) is 5.32 Å². The second kappa shape index (κ2) is 7.13. The van der Waals surface area contributed by atoms with Gasteiger partial charge in [0.2, 0.25) is 0 Å². The molecule has 0 aliphatic rings. The molecule has 0 radical (unpaired) electrons. The molecular formula is C17H19NS. The summed E-state index contributed by atoms with van der Waals surface area (Å²) < 4.78 is 0. The Bertz CT molecular complexity index is 536. The molecule has 0 saturated heterocycles. The van der Waals surface area contributed by atoms with E-state index in [4.69, 9.17) is 6.42 Å². The van der Waals surface area contributed by atoms with Gasteiger partial charge in [-0.25, -0.2) is 0 Å². The van der Waals surface area contributed by atoms with E-state index in [1.165, 1.54) is 16.0 Å². The molecule has 0 spiro atoms. The van der Waals surface area contributed by atoms with Gasteiger partial charge in [0.15, 0.2) is 0 Å². The molecule has 98 valence electrons. The quantitative estimate of drug-likeness (QED) is 0.771. The Kier molecular flexibility index (Phi) is 5.20. The van der Waals surface area contributed by atoms with Crippen LogP contribution in [0.25, 0.3) is 11.1 Å². The van der Waals surface area contributed by atoms with Crippen LogP contribution in [0.3, 0.4) is 0 Å². The van der Waals surface area contributed by atoms with Crippen molar-refractivity contribution in [2.24, 2.45) is 0 Å². The zero-order chi connectivity index (χ0) is 13.5. The van der Waals surface area contributed by atoms with E-state index in [1.54, 1.807) is 11.3 Å². The Hall–Kier alpha value is -1.56. The molecular weight excluding hydrogens is 250 g/mol. The van der Waals surface area contributed by atoms with Crippen LogP contribution in [0.1, 0.15) is 24.6 Å². The number of terminal acetylenes is 1. The van der Waals surface area contributed by atoms with Gasteiger partial charge in [-0.05, 0) is 29.0 Å². The van der Waals surface area contributed by atoms with Crippen LogP contribution in [-0.4, -0.2) is 6.04 Å². The normalized spacial score (nSPS) is 12.0. The molecule has 2 heteroatoms. The first kappa shape index (κ1) is 13.9. The van der Waals surface area contributed by atoms with Crippen molar-refractivity contribution in [2.75, 3.05) is 0 Å². The lowest BCUT2D eigenvalue weighted by atomic mass is 10.1. The number of hydrogen-bond acceptors (Lipinski definition) is 2. The molecule has 2 rings (SSSR count). The monoisotopic (exact) mass is 269 g/mol. The molecule has 1 N–H and O–H groups in total. The van der Waals surface area contributed by atoms with E-state index >= 15 is 0 Å².